The van der Waals surface area contributed by atoms with Crippen LogP contribution in [0, 0.1) is 0 Å². The van der Waals surface area contributed by atoms with Crippen molar-refractivity contribution in [1.29, 1.82) is 0 Å². The molecule has 0 saturated heterocycles. The molecule has 13 heteroatoms. The van der Waals surface area contributed by atoms with Crippen LogP contribution in [0.15, 0.2) is 0 Å². The molecule has 0 heterocycles. The first-order chi connectivity index (χ1) is 9.11. The summed E-state index contributed by atoms with van der Waals surface area (Å²) in [5.41, 5.74) is 0. The highest BCUT2D eigenvalue weighted by Crippen LogP contribution is 2.39. The van der Waals surface area contributed by atoms with E-state index in [-0.39, 0.29) is 65.3 Å². The number of hydrogen-bond donors (Lipinski definition) is 0. The third kappa shape index (κ3) is 21.2. The van der Waals surface area contributed by atoms with E-state index in [1.807, 2.05) is 0 Å². The third-order valence-corrected chi connectivity index (χ3v) is 1.63. The van der Waals surface area contributed by atoms with Crippen molar-refractivity contribution in [1.82, 2.24) is 0 Å². The lowest BCUT2D eigenvalue weighted by Crippen LogP contribution is -2.52. The van der Waals surface area contributed by atoms with Gasteiger partial charge in [0.05, 0.1) is 0 Å². The quantitative estimate of drug-likeness (QED) is 0.398. The first-order valence-electron chi connectivity index (χ1n) is 4.94. The number of carbonyl (C=O) groups excluding carboxylic acids is 1. The van der Waals surface area contributed by atoms with E-state index in [0.717, 1.165) is 0 Å². The second-order valence-electron chi connectivity index (χ2n) is 4.03. The zero-order chi connectivity index (χ0) is 18.8. The summed E-state index contributed by atoms with van der Waals surface area (Å²) in [7, 11) is 0. The molecule has 0 fully saturated rings. The molecule has 0 aromatic heterocycles. The Balaban J connectivity index is -0.0000000543. The largest absolute Gasteiger partial charge is 0.459 e. The summed E-state index contributed by atoms with van der Waals surface area (Å²) in [6.45, 7) is -0.224. The van der Waals surface area contributed by atoms with E-state index in [1.54, 1.807) is 0 Å². The SMILES string of the molecule is C.C.C.C.C.C.CC(F)(F)C(C)(F)OC(F)(F)C(=O)C(F)(F)F.CC(F)(F)F. The molecule has 0 saturated carbocycles. The van der Waals surface area contributed by atoms with Crippen molar-refractivity contribution in [3.63, 3.8) is 0 Å². The summed E-state index contributed by atoms with van der Waals surface area (Å²) in [6, 6.07) is 0. The minimum Gasteiger partial charge on any atom is -0.280 e. The Morgan fingerprint density at radius 1 is 0.607 bits per heavy atom. The number of rotatable bonds is 4. The summed E-state index contributed by atoms with van der Waals surface area (Å²) >= 11 is 0. The van der Waals surface area contributed by atoms with E-state index in [4.69, 9.17) is 0 Å². The van der Waals surface area contributed by atoms with Crippen LogP contribution in [0.1, 0.15) is 65.3 Å². The zero-order valence-electron chi connectivity index (χ0n) is 11.0. The van der Waals surface area contributed by atoms with Crippen molar-refractivity contribution in [2.24, 2.45) is 0 Å². The molecule has 0 spiro atoms. The second-order valence-corrected chi connectivity index (χ2v) is 4.03. The first-order valence-corrected chi connectivity index (χ1v) is 4.94. The van der Waals surface area contributed by atoms with Crippen molar-refractivity contribution >= 4 is 5.78 Å². The molecule has 182 valence electrons. The summed E-state index contributed by atoms with van der Waals surface area (Å²) < 4.78 is 131. The molecule has 0 aromatic rings. The van der Waals surface area contributed by atoms with Crippen molar-refractivity contribution in [3.8, 4) is 0 Å². The molecular weight excluding hydrogens is 421 g/mol. The lowest BCUT2D eigenvalue weighted by molar-refractivity contribution is -0.364. The highest BCUT2D eigenvalue weighted by Gasteiger charge is 2.63. The minimum absolute atomic E-state index is 0. The van der Waals surface area contributed by atoms with Crippen LogP contribution < -0.4 is 0 Å². The van der Waals surface area contributed by atoms with Crippen molar-refractivity contribution in [2.45, 2.75) is 95.6 Å². The fourth-order valence-corrected chi connectivity index (χ4v) is 0.542. The van der Waals surface area contributed by atoms with Crippen LogP contribution in [0.5, 0.6) is 0 Å². The standard InChI is InChI=1S/C7H6F8O2.C2H3F3.6CH4/c1-4(8,9)5(2,10)17-7(14,15)3(16)6(11,12)13;1-2(3,4)5;;;;;;/h1-2H3;1H3;6*1H4. The molecule has 2 nitrogen and oxygen atoms in total. The van der Waals surface area contributed by atoms with E-state index in [9.17, 15) is 53.1 Å². The van der Waals surface area contributed by atoms with Crippen molar-refractivity contribution in [2.75, 3.05) is 0 Å². The van der Waals surface area contributed by atoms with Crippen LogP contribution in [0.3, 0.4) is 0 Å². The zero-order valence-corrected chi connectivity index (χ0v) is 11.0. The normalized spacial score (nSPS) is 12.9. The van der Waals surface area contributed by atoms with Gasteiger partial charge in [0.1, 0.15) is 0 Å². The van der Waals surface area contributed by atoms with Gasteiger partial charge in [-0.1, -0.05) is 44.6 Å². The minimum atomic E-state index is -6.04. The van der Waals surface area contributed by atoms with Gasteiger partial charge in [-0.15, -0.1) is 0 Å². The average molecular weight is 454 g/mol. The van der Waals surface area contributed by atoms with Gasteiger partial charge in [0.2, 0.25) is 0 Å². The molecular formula is C15H33F11O2. The molecule has 0 rings (SSSR count). The van der Waals surface area contributed by atoms with Crippen molar-refractivity contribution < 1.29 is 57.8 Å². The van der Waals surface area contributed by atoms with Crippen LogP contribution in [0.25, 0.3) is 0 Å². The Bertz CT molecular complexity index is 375. The van der Waals surface area contributed by atoms with E-state index in [0.29, 0.717) is 0 Å². The smallest absolute Gasteiger partial charge is 0.280 e. The molecule has 0 aromatic carbocycles. The van der Waals surface area contributed by atoms with Gasteiger partial charge in [-0.3, -0.25) is 9.53 Å². The molecule has 0 aliphatic heterocycles. The highest BCUT2D eigenvalue weighted by atomic mass is 19.4. The van der Waals surface area contributed by atoms with E-state index < -0.39 is 36.0 Å². The molecule has 1 unspecified atom stereocenters. The lowest BCUT2D eigenvalue weighted by atomic mass is 10.2. The molecule has 0 radical (unpaired) electrons. The Morgan fingerprint density at radius 3 is 0.964 bits per heavy atom. The average Bonchev–Trinajstić information content (AvgIpc) is 2.08. The first kappa shape index (κ1) is 50.5. The van der Waals surface area contributed by atoms with Gasteiger partial charge in [0, 0.05) is 20.8 Å². The van der Waals surface area contributed by atoms with Crippen LogP contribution >= 0.6 is 0 Å². The number of ketones is 1. The number of carbonyl (C=O) groups is 1. The van der Waals surface area contributed by atoms with Gasteiger partial charge in [0.15, 0.2) is 0 Å². The summed E-state index contributed by atoms with van der Waals surface area (Å²) in [5.74, 6) is -12.7. The van der Waals surface area contributed by atoms with Gasteiger partial charge in [-0.25, -0.2) is 13.2 Å². The molecule has 0 bridgehead atoms. The van der Waals surface area contributed by atoms with Crippen LogP contribution in [0.4, 0.5) is 48.3 Å². The molecule has 0 aliphatic carbocycles. The van der Waals surface area contributed by atoms with Gasteiger partial charge < -0.3 is 0 Å². The van der Waals surface area contributed by atoms with E-state index in [2.05, 4.69) is 4.74 Å². The van der Waals surface area contributed by atoms with E-state index >= 15 is 0 Å². The van der Waals surface area contributed by atoms with Crippen molar-refractivity contribution in [3.05, 3.63) is 0 Å². The van der Waals surface area contributed by atoms with Crippen LogP contribution in [-0.4, -0.2) is 36.0 Å². The van der Waals surface area contributed by atoms with Gasteiger partial charge >= 0.3 is 30.2 Å². The van der Waals surface area contributed by atoms with Crippen LogP contribution in [0.2, 0.25) is 0 Å². The second kappa shape index (κ2) is 14.8. The van der Waals surface area contributed by atoms with Gasteiger partial charge in [-0.2, -0.15) is 35.1 Å². The maximum absolute atomic E-state index is 12.9. The summed E-state index contributed by atoms with van der Waals surface area (Å²) in [4.78, 5) is 10.1. The number of Topliss-reactive ketones (excluding diaryl/α,β-unsaturated/α-hetero) is 1. The number of ether oxygens (including phenoxy) is 1. The predicted molar refractivity (Wildman–Crippen MR) is 89.3 cm³/mol. The predicted octanol–water partition coefficient (Wildman–Crippen LogP) is 8.45. The molecule has 1 atom stereocenters. The monoisotopic (exact) mass is 454 g/mol. The fraction of sp³-hybridized carbons (Fsp3) is 0.933. The Morgan fingerprint density at radius 2 is 0.821 bits per heavy atom. The Hall–Kier alpha value is -1.14. The van der Waals surface area contributed by atoms with Gasteiger partial charge in [0.25, 0.3) is 5.85 Å². The Labute approximate surface area is 160 Å². The van der Waals surface area contributed by atoms with Gasteiger partial charge in [-0.05, 0) is 0 Å². The topological polar surface area (TPSA) is 26.3 Å². The fourth-order valence-electron chi connectivity index (χ4n) is 0.542. The lowest BCUT2D eigenvalue weighted by Gasteiger charge is -2.30. The van der Waals surface area contributed by atoms with Crippen LogP contribution in [-0.2, 0) is 9.53 Å². The maximum Gasteiger partial charge on any atom is 0.459 e. The third-order valence-electron chi connectivity index (χ3n) is 1.63. The molecule has 28 heavy (non-hydrogen) atoms. The number of halogens is 11. The molecule has 0 aliphatic rings. The number of hydrogen-bond acceptors (Lipinski definition) is 2. The van der Waals surface area contributed by atoms with E-state index in [1.165, 1.54) is 0 Å². The molecule has 0 N–H and O–H groups in total. The summed E-state index contributed by atoms with van der Waals surface area (Å²) in [6.07, 6.45) is -15.8. The number of alkyl halides is 11. The maximum atomic E-state index is 12.9. The Kier molecular flexibility index (Phi) is 26.7. The summed E-state index contributed by atoms with van der Waals surface area (Å²) in [5, 5.41) is 0. The highest BCUT2D eigenvalue weighted by molar-refractivity contribution is 5.89. The molecule has 0 amide bonds.